The number of carbonyl (C=O) groups is 1. The van der Waals surface area contributed by atoms with Crippen LogP contribution in [0.3, 0.4) is 0 Å². The first-order valence-electron chi connectivity index (χ1n) is 5.83. The smallest absolute Gasteiger partial charge is 0.303 e. The molecule has 0 atom stereocenters. The minimum absolute atomic E-state index is 0.118. The number of nitrogens with zero attached hydrogens (tertiary/aromatic N) is 3. The SMILES string of the molecule is C=Cc1ccc(C#N)c(C#N)c1C#N.O=C(O)CCCBr. The molecule has 0 bridgehead atoms. The maximum atomic E-state index is 9.74. The highest BCUT2D eigenvalue weighted by Crippen LogP contribution is 2.18. The molecule has 0 amide bonds. The van der Waals surface area contributed by atoms with Crippen LogP contribution in [0.15, 0.2) is 18.7 Å². The van der Waals surface area contributed by atoms with Crippen molar-refractivity contribution in [3.63, 3.8) is 0 Å². The van der Waals surface area contributed by atoms with E-state index < -0.39 is 5.97 Å². The number of aliphatic carboxylic acids is 1. The number of halogens is 1. The summed E-state index contributed by atoms with van der Waals surface area (Å²) in [5.74, 6) is -0.723. The van der Waals surface area contributed by atoms with Gasteiger partial charge in [0, 0.05) is 11.8 Å². The number of nitriles is 3. The average molecular weight is 346 g/mol. The van der Waals surface area contributed by atoms with E-state index in [1.54, 1.807) is 6.07 Å². The Bertz CT molecular complexity index is 649. The molecule has 1 aromatic rings. The molecule has 0 aromatic heterocycles. The highest BCUT2D eigenvalue weighted by molar-refractivity contribution is 9.09. The van der Waals surface area contributed by atoms with Crippen LogP contribution in [-0.2, 0) is 4.79 Å². The van der Waals surface area contributed by atoms with Gasteiger partial charge in [-0.25, -0.2) is 0 Å². The second-order valence-electron chi connectivity index (χ2n) is 3.68. The lowest BCUT2D eigenvalue weighted by atomic mass is 9.98. The second kappa shape index (κ2) is 10.2. The summed E-state index contributed by atoms with van der Waals surface area (Å²) >= 11 is 3.11. The fourth-order valence-corrected chi connectivity index (χ4v) is 1.62. The van der Waals surface area contributed by atoms with Gasteiger partial charge in [-0.1, -0.05) is 34.7 Å². The van der Waals surface area contributed by atoms with E-state index in [1.807, 2.05) is 18.2 Å². The zero-order chi connectivity index (χ0) is 16.3. The monoisotopic (exact) mass is 345 g/mol. The molecular weight excluding hydrogens is 334 g/mol. The van der Waals surface area contributed by atoms with Crippen molar-refractivity contribution in [2.24, 2.45) is 0 Å². The first-order chi connectivity index (χ1) is 10.0. The predicted molar refractivity (Wildman–Crippen MR) is 81.3 cm³/mol. The number of alkyl halides is 1. The topological polar surface area (TPSA) is 109 Å². The Labute approximate surface area is 131 Å². The van der Waals surface area contributed by atoms with Crippen LogP contribution in [0.25, 0.3) is 6.08 Å². The molecule has 0 aliphatic heterocycles. The molecule has 0 radical (unpaired) electrons. The molecular formula is C15H12BrN3O2. The Kier molecular flexibility index (Phi) is 8.93. The molecule has 6 heteroatoms. The lowest BCUT2D eigenvalue weighted by Crippen LogP contribution is -1.93. The standard InChI is InChI=1S/C11H5N3.C4H7BrO2/c1-2-8-3-4-9(5-12)11(7-14)10(8)6-13;5-3-1-2-4(6)7/h2-4H,1H2;1-3H2,(H,6,7). The normalized spacial score (nSPS) is 8.29. The maximum Gasteiger partial charge on any atom is 0.303 e. The molecule has 0 fully saturated rings. The summed E-state index contributed by atoms with van der Waals surface area (Å²) in [6.45, 7) is 3.53. The van der Waals surface area contributed by atoms with E-state index in [9.17, 15) is 4.79 Å². The van der Waals surface area contributed by atoms with Crippen LogP contribution in [0, 0.1) is 34.0 Å². The van der Waals surface area contributed by atoms with Gasteiger partial charge in [-0.3, -0.25) is 4.79 Å². The van der Waals surface area contributed by atoms with Crippen molar-refractivity contribution in [3.8, 4) is 18.2 Å². The van der Waals surface area contributed by atoms with E-state index in [1.165, 1.54) is 12.1 Å². The highest BCUT2D eigenvalue weighted by atomic mass is 79.9. The number of carboxylic acids is 1. The third-order valence-corrected chi connectivity index (χ3v) is 2.89. The minimum atomic E-state index is -0.723. The molecule has 0 aliphatic carbocycles. The van der Waals surface area contributed by atoms with Crippen molar-refractivity contribution in [2.75, 3.05) is 5.33 Å². The number of benzene rings is 1. The highest BCUT2D eigenvalue weighted by Gasteiger charge is 2.10. The lowest BCUT2D eigenvalue weighted by molar-refractivity contribution is -0.137. The van der Waals surface area contributed by atoms with Crippen LogP contribution in [-0.4, -0.2) is 16.4 Å². The average Bonchev–Trinajstić information content (AvgIpc) is 2.51. The third-order valence-electron chi connectivity index (χ3n) is 2.33. The van der Waals surface area contributed by atoms with Crippen molar-refractivity contribution in [1.82, 2.24) is 0 Å². The molecule has 0 saturated heterocycles. The summed E-state index contributed by atoms with van der Waals surface area (Å²) in [5, 5.41) is 35.1. The van der Waals surface area contributed by atoms with Crippen molar-refractivity contribution in [1.29, 1.82) is 15.8 Å². The van der Waals surface area contributed by atoms with Gasteiger partial charge in [-0.2, -0.15) is 15.8 Å². The van der Waals surface area contributed by atoms with Crippen LogP contribution in [0.1, 0.15) is 35.1 Å². The molecule has 106 valence electrons. The zero-order valence-electron chi connectivity index (χ0n) is 11.1. The van der Waals surface area contributed by atoms with Gasteiger partial charge in [-0.05, 0) is 18.1 Å². The van der Waals surface area contributed by atoms with Crippen LogP contribution < -0.4 is 0 Å². The summed E-state index contributed by atoms with van der Waals surface area (Å²) in [7, 11) is 0. The van der Waals surface area contributed by atoms with E-state index >= 15 is 0 Å². The third kappa shape index (κ3) is 5.91. The Morgan fingerprint density at radius 1 is 1.24 bits per heavy atom. The van der Waals surface area contributed by atoms with E-state index in [2.05, 4.69) is 22.5 Å². The summed E-state index contributed by atoms with van der Waals surface area (Å²) in [5.41, 5.74) is 1.12. The first-order valence-corrected chi connectivity index (χ1v) is 6.95. The van der Waals surface area contributed by atoms with Gasteiger partial charge in [0.1, 0.15) is 18.2 Å². The summed E-state index contributed by atoms with van der Waals surface area (Å²) in [4.78, 5) is 9.74. The van der Waals surface area contributed by atoms with Gasteiger partial charge in [-0.15, -0.1) is 0 Å². The summed E-state index contributed by atoms with van der Waals surface area (Å²) < 4.78 is 0. The fourth-order valence-electron chi connectivity index (χ4n) is 1.34. The van der Waals surface area contributed by atoms with Gasteiger partial charge in [0.2, 0.25) is 0 Å². The number of hydrogen-bond donors (Lipinski definition) is 1. The van der Waals surface area contributed by atoms with Crippen LogP contribution >= 0.6 is 15.9 Å². The van der Waals surface area contributed by atoms with E-state index in [4.69, 9.17) is 20.9 Å². The van der Waals surface area contributed by atoms with Crippen molar-refractivity contribution in [2.45, 2.75) is 12.8 Å². The molecule has 0 heterocycles. The molecule has 5 nitrogen and oxygen atoms in total. The number of hydrogen-bond acceptors (Lipinski definition) is 4. The Balaban J connectivity index is 0.000000486. The first kappa shape index (κ1) is 18.4. The fraction of sp³-hybridized carbons (Fsp3) is 0.200. The van der Waals surface area contributed by atoms with Crippen LogP contribution in [0.4, 0.5) is 0 Å². The van der Waals surface area contributed by atoms with Gasteiger partial charge >= 0.3 is 5.97 Å². The molecule has 0 unspecified atom stereocenters. The quantitative estimate of drug-likeness (QED) is 0.842. The van der Waals surface area contributed by atoms with Crippen LogP contribution in [0.2, 0.25) is 0 Å². The molecule has 0 spiro atoms. The molecule has 0 saturated carbocycles. The van der Waals surface area contributed by atoms with Crippen molar-refractivity contribution >= 4 is 28.0 Å². The predicted octanol–water partition coefficient (Wildman–Crippen LogP) is 3.19. The summed E-state index contributed by atoms with van der Waals surface area (Å²) in [6, 6.07) is 8.72. The van der Waals surface area contributed by atoms with Crippen molar-refractivity contribution < 1.29 is 9.90 Å². The van der Waals surface area contributed by atoms with E-state index in [0.717, 1.165) is 11.8 Å². The molecule has 1 N–H and O–H groups in total. The maximum absolute atomic E-state index is 9.74. The van der Waals surface area contributed by atoms with Gasteiger partial charge in [0.15, 0.2) is 0 Å². The number of carboxylic acid groups (broad SMARTS) is 1. The van der Waals surface area contributed by atoms with Gasteiger partial charge < -0.3 is 5.11 Å². The van der Waals surface area contributed by atoms with Gasteiger partial charge in [0.25, 0.3) is 0 Å². The van der Waals surface area contributed by atoms with Crippen molar-refractivity contribution in [3.05, 3.63) is 41.0 Å². The molecule has 0 aliphatic rings. The Morgan fingerprint density at radius 2 is 1.86 bits per heavy atom. The second-order valence-corrected chi connectivity index (χ2v) is 4.47. The van der Waals surface area contributed by atoms with E-state index in [-0.39, 0.29) is 23.1 Å². The summed E-state index contributed by atoms with van der Waals surface area (Å²) in [6.07, 6.45) is 2.47. The lowest BCUT2D eigenvalue weighted by Gasteiger charge is -2.00. The van der Waals surface area contributed by atoms with E-state index in [0.29, 0.717) is 5.56 Å². The Morgan fingerprint density at radius 3 is 2.19 bits per heavy atom. The zero-order valence-corrected chi connectivity index (χ0v) is 12.7. The molecule has 1 aromatic carbocycles. The minimum Gasteiger partial charge on any atom is -0.481 e. The Hall–Kier alpha value is -2.62. The molecule has 1 rings (SSSR count). The molecule has 21 heavy (non-hydrogen) atoms. The van der Waals surface area contributed by atoms with Crippen LogP contribution in [0.5, 0.6) is 0 Å². The number of rotatable bonds is 4. The van der Waals surface area contributed by atoms with Gasteiger partial charge in [0.05, 0.1) is 16.7 Å². The largest absolute Gasteiger partial charge is 0.481 e.